The summed E-state index contributed by atoms with van der Waals surface area (Å²) in [7, 11) is 1.54. The van der Waals surface area contributed by atoms with E-state index < -0.39 is 0 Å². The van der Waals surface area contributed by atoms with E-state index in [1.807, 2.05) is 26.0 Å². The minimum Gasteiger partial charge on any atom is -0.504 e. The fourth-order valence-electron chi connectivity index (χ4n) is 1.34. The minimum absolute atomic E-state index is 0.186. The first kappa shape index (κ1) is 10.9. The first-order chi connectivity index (χ1) is 6.53. The van der Waals surface area contributed by atoms with E-state index in [9.17, 15) is 5.11 Å². The molecule has 0 spiro atoms. The molecule has 1 rings (SSSR count). The number of ether oxygens (including phenoxy) is 1. The first-order valence-electron chi connectivity index (χ1n) is 4.59. The highest BCUT2D eigenvalue weighted by atomic mass is 16.5. The number of hydrogen-bond donors (Lipinski definition) is 2. The molecule has 0 atom stereocenters. The molecule has 78 valence electrons. The Balaban J connectivity index is 3.22. The summed E-state index contributed by atoms with van der Waals surface area (Å²) >= 11 is 0. The third-order valence-corrected chi connectivity index (χ3v) is 2.46. The molecule has 14 heavy (non-hydrogen) atoms. The number of phenols is 1. The van der Waals surface area contributed by atoms with Gasteiger partial charge in [-0.2, -0.15) is 0 Å². The van der Waals surface area contributed by atoms with E-state index in [0.29, 0.717) is 12.3 Å². The molecule has 0 amide bonds. The van der Waals surface area contributed by atoms with E-state index in [1.54, 1.807) is 6.07 Å². The molecule has 0 bridgehead atoms. The van der Waals surface area contributed by atoms with Crippen LogP contribution in [0.15, 0.2) is 18.2 Å². The van der Waals surface area contributed by atoms with Crippen LogP contribution in [0.2, 0.25) is 0 Å². The highest BCUT2D eigenvalue weighted by molar-refractivity contribution is 5.48. The highest BCUT2D eigenvalue weighted by Crippen LogP contribution is 2.36. The van der Waals surface area contributed by atoms with Crippen LogP contribution in [0.25, 0.3) is 0 Å². The van der Waals surface area contributed by atoms with Gasteiger partial charge in [-0.05, 0) is 6.07 Å². The number of nitrogens with two attached hydrogens (primary N) is 1. The molecule has 1 aromatic rings. The molecule has 0 aromatic heterocycles. The van der Waals surface area contributed by atoms with E-state index >= 15 is 0 Å². The Kier molecular flexibility index (Phi) is 3.01. The Morgan fingerprint density at radius 2 is 2.07 bits per heavy atom. The molecule has 3 N–H and O–H groups in total. The second-order valence-corrected chi connectivity index (χ2v) is 3.94. The van der Waals surface area contributed by atoms with Gasteiger partial charge >= 0.3 is 0 Å². The van der Waals surface area contributed by atoms with E-state index in [1.165, 1.54) is 7.11 Å². The van der Waals surface area contributed by atoms with E-state index in [0.717, 1.165) is 5.56 Å². The summed E-state index contributed by atoms with van der Waals surface area (Å²) in [6, 6.07) is 5.45. The van der Waals surface area contributed by atoms with E-state index in [2.05, 4.69) is 0 Å². The van der Waals surface area contributed by atoms with Crippen LogP contribution in [0, 0.1) is 0 Å². The van der Waals surface area contributed by atoms with Crippen molar-refractivity contribution in [3.8, 4) is 11.5 Å². The lowest BCUT2D eigenvalue weighted by atomic mass is 9.84. The summed E-state index contributed by atoms with van der Waals surface area (Å²) in [5.41, 5.74) is 6.23. The van der Waals surface area contributed by atoms with Crippen molar-refractivity contribution in [2.75, 3.05) is 13.7 Å². The van der Waals surface area contributed by atoms with Crippen molar-refractivity contribution in [1.82, 2.24) is 0 Å². The molecule has 0 unspecified atom stereocenters. The van der Waals surface area contributed by atoms with Gasteiger partial charge in [0.05, 0.1) is 7.11 Å². The van der Waals surface area contributed by atoms with Gasteiger partial charge in [0.15, 0.2) is 11.5 Å². The van der Waals surface area contributed by atoms with E-state index in [-0.39, 0.29) is 11.2 Å². The largest absolute Gasteiger partial charge is 0.504 e. The van der Waals surface area contributed by atoms with Gasteiger partial charge in [-0.3, -0.25) is 0 Å². The van der Waals surface area contributed by atoms with Crippen LogP contribution in [-0.4, -0.2) is 18.8 Å². The van der Waals surface area contributed by atoms with Crippen LogP contribution in [0.3, 0.4) is 0 Å². The van der Waals surface area contributed by atoms with E-state index in [4.69, 9.17) is 10.5 Å². The Labute approximate surface area is 84.5 Å². The van der Waals surface area contributed by atoms with Gasteiger partial charge < -0.3 is 15.6 Å². The van der Waals surface area contributed by atoms with Crippen molar-refractivity contribution < 1.29 is 9.84 Å². The van der Waals surface area contributed by atoms with Crippen LogP contribution in [-0.2, 0) is 5.41 Å². The standard InChI is InChI=1S/C11H17NO2/c1-11(2,7-12)8-5-4-6-9(14-3)10(8)13/h4-6,13H,7,12H2,1-3H3. The summed E-state index contributed by atoms with van der Waals surface area (Å²) in [6.07, 6.45) is 0. The molecule has 0 fully saturated rings. The second kappa shape index (κ2) is 3.88. The Morgan fingerprint density at radius 3 is 2.57 bits per heavy atom. The van der Waals surface area contributed by atoms with Gasteiger partial charge in [-0.25, -0.2) is 0 Å². The molecule has 0 saturated heterocycles. The normalized spacial score (nSPS) is 11.4. The van der Waals surface area contributed by atoms with Gasteiger partial charge in [-0.15, -0.1) is 0 Å². The van der Waals surface area contributed by atoms with Crippen molar-refractivity contribution in [3.63, 3.8) is 0 Å². The smallest absolute Gasteiger partial charge is 0.161 e. The Bertz CT molecular complexity index is 321. The molecule has 0 aliphatic heterocycles. The average molecular weight is 195 g/mol. The SMILES string of the molecule is COc1cccc(C(C)(C)CN)c1O. The number of para-hydroxylation sites is 1. The monoisotopic (exact) mass is 195 g/mol. The highest BCUT2D eigenvalue weighted by Gasteiger charge is 2.23. The zero-order chi connectivity index (χ0) is 10.8. The lowest BCUT2D eigenvalue weighted by Crippen LogP contribution is -2.28. The minimum atomic E-state index is -0.237. The fourth-order valence-corrected chi connectivity index (χ4v) is 1.34. The maximum absolute atomic E-state index is 9.87. The van der Waals surface area contributed by atoms with Crippen LogP contribution in [0.5, 0.6) is 11.5 Å². The predicted molar refractivity (Wildman–Crippen MR) is 56.7 cm³/mol. The quantitative estimate of drug-likeness (QED) is 0.770. The number of benzene rings is 1. The molecule has 3 nitrogen and oxygen atoms in total. The molecule has 0 aliphatic rings. The lowest BCUT2D eigenvalue weighted by Gasteiger charge is -2.24. The number of rotatable bonds is 3. The maximum Gasteiger partial charge on any atom is 0.161 e. The van der Waals surface area contributed by atoms with Crippen molar-refractivity contribution >= 4 is 0 Å². The molecule has 0 radical (unpaired) electrons. The van der Waals surface area contributed by atoms with Crippen LogP contribution >= 0.6 is 0 Å². The molecule has 1 aromatic carbocycles. The maximum atomic E-state index is 9.87. The van der Waals surface area contributed by atoms with Crippen molar-refractivity contribution in [3.05, 3.63) is 23.8 Å². The third kappa shape index (κ3) is 1.82. The number of aromatic hydroxyl groups is 1. The van der Waals surface area contributed by atoms with Crippen molar-refractivity contribution in [2.24, 2.45) is 5.73 Å². The topological polar surface area (TPSA) is 55.5 Å². The van der Waals surface area contributed by atoms with Crippen molar-refractivity contribution in [2.45, 2.75) is 19.3 Å². The van der Waals surface area contributed by atoms with Gasteiger partial charge in [0, 0.05) is 17.5 Å². The van der Waals surface area contributed by atoms with Crippen LogP contribution < -0.4 is 10.5 Å². The van der Waals surface area contributed by atoms with Gasteiger partial charge in [0.2, 0.25) is 0 Å². The Morgan fingerprint density at radius 1 is 1.43 bits per heavy atom. The zero-order valence-corrected chi connectivity index (χ0v) is 8.87. The summed E-state index contributed by atoms with van der Waals surface area (Å²) < 4.78 is 5.03. The van der Waals surface area contributed by atoms with Gasteiger partial charge in [-0.1, -0.05) is 26.0 Å². The fraction of sp³-hybridized carbons (Fsp3) is 0.455. The molecule has 3 heteroatoms. The van der Waals surface area contributed by atoms with Crippen LogP contribution in [0.1, 0.15) is 19.4 Å². The number of phenolic OH excluding ortho intramolecular Hbond substituents is 1. The molecular weight excluding hydrogens is 178 g/mol. The summed E-state index contributed by atoms with van der Waals surface area (Å²) in [4.78, 5) is 0. The predicted octanol–water partition coefficient (Wildman–Crippen LogP) is 1.64. The average Bonchev–Trinajstić information content (AvgIpc) is 2.18. The first-order valence-corrected chi connectivity index (χ1v) is 4.59. The van der Waals surface area contributed by atoms with Gasteiger partial charge in [0.1, 0.15) is 0 Å². The molecule has 0 heterocycles. The number of methoxy groups -OCH3 is 1. The summed E-state index contributed by atoms with van der Waals surface area (Å²) in [5.74, 6) is 0.675. The third-order valence-electron chi connectivity index (χ3n) is 2.46. The molecule has 0 aliphatic carbocycles. The zero-order valence-electron chi connectivity index (χ0n) is 8.87. The Hall–Kier alpha value is -1.22. The second-order valence-electron chi connectivity index (χ2n) is 3.94. The molecular formula is C11H17NO2. The lowest BCUT2D eigenvalue weighted by molar-refractivity contribution is 0.362. The van der Waals surface area contributed by atoms with Crippen LogP contribution in [0.4, 0.5) is 0 Å². The molecule has 0 saturated carbocycles. The summed E-state index contributed by atoms with van der Waals surface area (Å²) in [5, 5.41) is 9.87. The number of hydrogen-bond acceptors (Lipinski definition) is 3. The summed E-state index contributed by atoms with van der Waals surface area (Å²) in [6.45, 7) is 4.46. The van der Waals surface area contributed by atoms with Gasteiger partial charge in [0.25, 0.3) is 0 Å². The van der Waals surface area contributed by atoms with Crippen molar-refractivity contribution in [1.29, 1.82) is 0 Å².